The molecule has 8 heteroatoms. The van der Waals surface area contributed by atoms with Crippen LogP contribution in [-0.2, 0) is 11.3 Å². The molecule has 3 heterocycles. The van der Waals surface area contributed by atoms with Crippen molar-refractivity contribution in [2.24, 2.45) is 0 Å². The van der Waals surface area contributed by atoms with Crippen molar-refractivity contribution in [3.8, 4) is 5.75 Å². The van der Waals surface area contributed by atoms with Gasteiger partial charge in [-0.05, 0) is 25.0 Å². The smallest absolute Gasteiger partial charge is 0.328 e. The zero-order valence-corrected chi connectivity index (χ0v) is 13.8. The Kier molecular flexibility index (Phi) is 5.27. The zero-order chi connectivity index (χ0) is 17.6. The van der Waals surface area contributed by atoms with E-state index in [0.29, 0.717) is 13.1 Å². The maximum Gasteiger partial charge on any atom is 0.328 e. The van der Waals surface area contributed by atoms with Gasteiger partial charge in [-0.2, -0.15) is 0 Å². The fourth-order valence-electron chi connectivity index (χ4n) is 2.86. The van der Waals surface area contributed by atoms with Gasteiger partial charge < -0.3 is 14.2 Å². The van der Waals surface area contributed by atoms with E-state index in [2.05, 4.69) is 9.97 Å². The summed E-state index contributed by atoms with van der Waals surface area (Å²) in [7, 11) is 0. The maximum absolute atomic E-state index is 12.4. The number of hydrogen-bond acceptors (Lipinski definition) is 5. The largest absolute Gasteiger partial charge is 0.488 e. The van der Waals surface area contributed by atoms with Gasteiger partial charge in [0.25, 0.3) is 5.56 Å². The third kappa shape index (κ3) is 4.56. The first-order chi connectivity index (χ1) is 12.1. The van der Waals surface area contributed by atoms with Gasteiger partial charge in [0.1, 0.15) is 11.9 Å². The Morgan fingerprint density at radius 2 is 2.08 bits per heavy atom. The lowest BCUT2D eigenvalue weighted by Crippen LogP contribution is -2.44. The number of hydrogen-bond donors (Lipinski definition) is 1. The number of aromatic amines is 1. The van der Waals surface area contributed by atoms with E-state index < -0.39 is 11.2 Å². The second kappa shape index (κ2) is 7.78. The molecule has 1 aliphatic heterocycles. The van der Waals surface area contributed by atoms with Crippen LogP contribution in [0, 0.1) is 0 Å². The average molecular weight is 344 g/mol. The van der Waals surface area contributed by atoms with Gasteiger partial charge >= 0.3 is 5.69 Å². The van der Waals surface area contributed by atoms with E-state index in [1.165, 1.54) is 16.8 Å². The van der Waals surface area contributed by atoms with Crippen LogP contribution in [0.3, 0.4) is 0 Å². The molecule has 1 atom stereocenters. The molecule has 0 bridgehead atoms. The summed E-state index contributed by atoms with van der Waals surface area (Å²) in [5, 5.41) is 0. The van der Waals surface area contributed by atoms with Crippen LogP contribution in [0.5, 0.6) is 5.75 Å². The molecular weight excluding hydrogens is 324 g/mol. The summed E-state index contributed by atoms with van der Waals surface area (Å²) in [6, 6.07) is 4.86. The molecule has 0 saturated carbocycles. The molecule has 1 amide bonds. The monoisotopic (exact) mass is 344 g/mol. The van der Waals surface area contributed by atoms with Gasteiger partial charge in [-0.1, -0.05) is 0 Å². The lowest BCUT2D eigenvalue weighted by Gasteiger charge is -2.33. The summed E-state index contributed by atoms with van der Waals surface area (Å²) in [5.41, 5.74) is -0.947. The Morgan fingerprint density at radius 3 is 2.84 bits per heavy atom. The summed E-state index contributed by atoms with van der Waals surface area (Å²) in [6.07, 6.45) is 6.67. The molecule has 8 nitrogen and oxygen atoms in total. The van der Waals surface area contributed by atoms with Gasteiger partial charge in [-0.3, -0.25) is 19.6 Å². The predicted octanol–water partition coefficient (Wildman–Crippen LogP) is 0.392. The average Bonchev–Trinajstić information content (AvgIpc) is 2.62. The van der Waals surface area contributed by atoms with Gasteiger partial charge in [0, 0.05) is 44.2 Å². The predicted molar refractivity (Wildman–Crippen MR) is 90.4 cm³/mol. The Labute approximate surface area is 144 Å². The molecule has 0 aromatic carbocycles. The van der Waals surface area contributed by atoms with Crippen LogP contribution < -0.4 is 16.0 Å². The first-order valence-electron chi connectivity index (χ1n) is 8.26. The lowest BCUT2D eigenvalue weighted by atomic mass is 10.1. The Balaban J connectivity index is 1.54. The first kappa shape index (κ1) is 16.9. The highest BCUT2D eigenvalue weighted by Gasteiger charge is 2.24. The Morgan fingerprint density at radius 1 is 1.28 bits per heavy atom. The normalized spacial score (nSPS) is 17.3. The molecular formula is C17H20N4O4. The van der Waals surface area contributed by atoms with Crippen molar-refractivity contribution < 1.29 is 9.53 Å². The van der Waals surface area contributed by atoms with Gasteiger partial charge in [0.15, 0.2) is 0 Å². The third-order valence-corrected chi connectivity index (χ3v) is 4.15. The standard InChI is InChI=1S/C17H20N4O4/c22-15-5-10-20(17(24)19-15)11-6-16(23)21-9-1-2-14(12-21)25-13-3-7-18-8-4-13/h3-5,7-8,10,14H,1-2,6,9,11-12H2,(H,19,22,24)/t14-/m0/s1. The van der Waals surface area contributed by atoms with Crippen LogP contribution in [-0.4, -0.2) is 44.5 Å². The van der Waals surface area contributed by atoms with Gasteiger partial charge in [0.05, 0.1) is 6.54 Å². The highest BCUT2D eigenvalue weighted by Crippen LogP contribution is 2.18. The van der Waals surface area contributed by atoms with E-state index in [1.807, 2.05) is 0 Å². The second-order valence-electron chi connectivity index (χ2n) is 5.96. The fourth-order valence-corrected chi connectivity index (χ4v) is 2.86. The lowest BCUT2D eigenvalue weighted by molar-refractivity contribution is -0.134. The van der Waals surface area contributed by atoms with Crippen LogP contribution in [0.25, 0.3) is 0 Å². The highest BCUT2D eigenvalue weighted by atomic mass is 16.5. The molecule has 0 aliphatic carbocycles. The van der Waals surface area contributed by atoms with E-state index >= 15 is 0 Å². The third-order valence-electron chi connectivity index (χ3n) is 4.15. The van der Waals surface area contributed by atoms with Crippen molar-refractivity contribution in [1.29, 1.82) is 0 Å². The molecule has 0 spiro atoms. The molecule has 2 aromatic heterocycles. The number of aromatic nitrogens is 3. The fraction of sp³-hybridized carbons (Fsp3) is 0.412. The topological polar surface area (TPSA) is 97.3 Å². The van der Waals surface area contributed by atoms with E-state index in [0.717, 1.165) is 18.6 Å². The molecule has 25 heavy (non-hydrogen) atoms. The quantitative estimate of drug-likeness (QED) is 0.846. The van der Waals surface area contributed by atoms with E-state index in [1.54, 1.807) is 29.4 Å². The van der Waals surface area contributed by atoms with Crippen LogP contribution >= 0.6 is 0 Å². The number of carbonyl (C=O) groups is 1. The van der Waals surface area contributed by atoms with Crippen molar-refractivity contribution >= 4 is 5.91 Å². The molecule has 0 unspecified atom stereocenters. The number of nitrogens with one attached hydrogen (secondary N) is 1. The summed E-state index contributed by atoms with van der Waals surface area (Å²) < 4.78 is 7.23. The SMILES string of the molecule is O=C(CCn1ccc(=O)[nH]c1=O)N1CCC[C@H](Oc2ccncc2)C1. The van der Waals surface area contributed by atoms with Crippen molar-refractivity contribution in [2.75, 3.05) is 13.1 Å². The number of piperidine rings is 1. The summed E-state index contributed by atoms with van der Waals surface area (Å²) in [5.74, 6) is 0.718. The Hall–Kier alpha value is -2.90. The minimum atomic E-state index is -0.502. The van der Waals surface area contributed by atoms with Crippen LogP contribution in [0.15, 0.2) is 46.4 Å². The van der Waals surface area contributed by atoms with Crippen molar-refractivity contribution in [3.05, 3.63) is 57.6 Å². The van der Waals surface area contributed by atoms with Crippen LogP contribution in [0.1, 0.15) is 19.3 Å². The minimum absolute atomic E-state index is 0.0267. The second-order valence-corrected chi connectivity index (χ2v) is 5.96. The van der Waals surface area contributed by atoms with Gasteiger partial charge in [-0.15, -0.1) is 0 Å². The number of H-pyrrole nitrogens is 1. The van der Waals surface area contributed by atoms with Crippen LogP contribution in [0.4, 0.5) is 0 Å². The molecule has 1 aliphatic rings. The molecule has 2 aromatic rings. The molecule has 132 valence electrons. The van der Waals surface area contributed by atoms with E-state index in [-0.39, 0.29) is 25.0 Å². The number of carbonyl (C=O) groups excluding carboxylic acids is 1. The summed E-state index contributed by atoms with van der Waals surface area (Å²) in [4.78, 5) is 43.0. The number of ether oxygens (including phenoxy) is 1. The minimum Gasteiger partial charge on any atom is -0.488 e. The molecule has 1 fully saturated rings. The number of rotatable bonds is 5. The Bertz CT molecular complexity index is 830. The highest BCUT2D eigenvalue weighted by molar-refractivity contribution is 5.76. The van der Waals surface area contributed by atoms with E-state index in [9.17, 15) is 14.4 Å². The van der Waals surface area contributed by atoms with E-state index in [4.69, 9.17) is 4.74 Å². The number of likely N-dealkylation sites (tertiary alicyclic amines) is 1. The summed E-state index contributed by atoms with van der Waals surface area (Å²) >= 11 is 0. The first-order valence-corrected chi connectivity index (χ1v) is 8.26. The number of amides is 1. The molecule has 3 rings (SSSR count). The zero-order valence-electron chi connectivity index (χ0n) is 13.8. The van der Waals surface area contributed by atoms with Gasteiger partial charge in [0.2, 0.25) is 5.91 Å². The number of pyridine rings is 1. The molecule has 1 saturated heterocycles. The maximum atomic E-state index is 12.4. The summed E-state index contributed by atoms with van der Waals surface area (Å²) in [6.45, 7) is 1.46. The number of nitrogens with zero attached hydrogens (tertiary/aromatic N) is 3. The van der Waals surface area contributed by atoms with Crippen molar-refractivity contribution in [2.45, 2.75) is 31.9 Å². The van der Waals surface area contributed by atoms with Gasteiger partial charge in [-0.25, -0.2) is 4.79 Å². The van der Waals surface area contributed by atoms with Crippen molar-refractivity contribution in [1.82, 2.24) is 19.4 Å². The van der Waals surface area contributed by atoms with Crippen LogP contribution in [0.2, 0.25) is 0 Å². The number of aryl methyl sites for hydroxylation is 1. The molecule has 1 N–H and O–H groups in total. The molecule has 0 radical (unpaired) electrons. The van der Waals surface area contributed by atoms with Crippen molar-refractivity contribution in [3.63, 3.8) is 0 Å².